The van der Waals surface area contributed by atoms with Crippen molar-refractivity contribution in [3.63, 3.8) is 0 Å². The average molecular weight is 151 g/mol. The molecule has 13 valence electrons. The smallest absolute Gasteiger partial charge is 0 e. The van der Waals surface area contributed by atoms with Gasteiger partial charge in [0.25, 0.3) is 0 Å². The van der Waals surface area contributed by atoms with Crippen LogP contribution in [0, 0.1) is 0 Å². The monoisotopic (exact) mass is 151 g/mol. The van der Waals surface area contributed by atoms with E-state index in [1.807, 2.05) is 0 Å². The van der Waals surface area contributed by atoms with Crippen LogP contribution in [0.25, 0.3) is 0 Å². The van der Waals surface area contributed by atoms with Crippen LogP contribution in [0.3, 0.4) is 0 Å². The first-order chi connectivity index (χ1) is 0. The molecule has 0 saturated heterocycles. The van der Waals surface area contributed by atoms with Crippen molar-refractivity contribution in [3.8, 4) is 0 Å². The van der Waals surface area contributed by atoms with E-state index in [1.54, 1.807) is 0 Å². The molecule has 0 aliphatic rings. The van der Waals surface area contributed by atoms with Crippen LogP contribution in [0.15, 0.2) is 0 Å². The molecular weight excluding hydrogens is 150 g/mol. The fraction of sp³-hybridized carbons (Fsp3) is 0. The van der Waals surface area contributed by atoms with Crippen molar-refractivity contribution in [2.45, 2.75) is 0 Å². The Morgan fingerprint density at radius 1 is 0.333 bits per heavy atom. The van der Waals surface area contributed by atoms with Crippen LogP contribution in [0.5, 0.6) is 0 Å². The molecule has 0 fully saturated rings. The third kappa shape index (κ3) is 22.8. The summed E-state index contributed by atoms with van der Waals surface area (Å²) < 4.78 is 0. The number of halogens is 1. The summed E-state index contributed by atoms with van der Waals surface area (Å²) in [6.45, 7) is 0. The van der Waals surface area contributed by atoms with Crippen LogP contribution < -0.4 is 0 Å². The van der Waals surface area contributed by atoms with Crippen molar-refractivity contribution >= 4 is 160 Å². The summed E-state index contributed by atoms with van der Waals surface area (Å²) in [6.07, 6.45) is 0. The quantitative estimate of drug-likeness (QED) is 0.371. The van der Waals surface area contributed by atoms with E-state index in [1.165, 1.54) is 0 Å². The summed E-state index contributed by atoms with van der Waals surface area (Å²) in [5, 5.41) is 0. The van der Waals surface area contributed by atoms with E-state index < -0.39 is 0 Å². The van der Waals surface area contributed by atoms with Gasteiger partial charge in [-0.1, -0.05) is 0 Å². The number of hydrogen-bond acceptors (Lipinski definition) is 0. The molecule has 0 aliphatic heterocycles. The molecule has 6 heteroatoms. The largest absolute Gasteiger partial charge is 0.147 e. The third-order valence-electron chi connectivity index (χ3n) is 0. The van der Waals surface area contributed by atoms with Crippen molar-refractivity contribution in [2.75, 3.05) is 0 Å². The van der Waals surface area contributed by atoms with E-state index in [2.05, 4.69) is 0 Å². The van der Waals surface area contributed by atoms with E-state index in [-0.39, 0.29) is 160 Å². The second-order valence-electron chi connectivity index (χ2n) is 0. The second-order valence-corrected chi connectivity index (χ2v) is 0. The molecule has 0 aliphatic carbocycles. The van der Waals surface area contributed by atoms with E-state index in [0.717, 1.165) is 0 Å². The van der Waals surface area contributed by atoms with Crippen molar-refractivity contribution in [1.82, 2.24) is 0 Å². The molecule has 0 atom stereocenters. The minimum absolute atomic E-state index is 0. The molecule has 0 aromatic heterocycles. The summed E-state index contributed by atoms with van der Waals surface area (Å²) in [5.41, 5.74) is 0. The Balaban J connectivity index is 0. The Bertz CT molecular complexity index is 3.90. The molecular formula is HClNa5. The number of hydrogen-bond donors (Lipinski definition) is 0. The topological polar surface area (TPSA) is 0 Å². The zero-order valence-corrected chi connectivity index (χ0v) is 16.2. The van der Waals surface area contributed by atoms with E-state index in [9.17, 15) is 0 Å². The Labute approximate surface area is 156 Å². The van der Waals surface area contributed by atoms with Crippen LogP contribution in [0.2, 0.25) is 0 Å². The van der Waals surface area contributed by atoms with Crippen LogP contribution in [0.4, 0.5) is 0 Å². The van der Waals surface area contributed by atoms with Gasteiger partial charge in [0.15, 0.2) is 0 Å². The van der Waals surface area contributed by atoms with Crippen molar-refractivity contribution in [3.05, 3.63) is 0 Å². The molecule has 0 aromatic rings. The predicted molar refractivity (Wildman–Crippen MR) is 36.0 cm³/mol. The molecule has 0 N–H and O–H groups in total. The minimum Gasteiger partial charge on any atom is -0.147 e. The van der Waals surface area contributed by atoms with Gasteiger partial charge in [-0.25, -0.2) is 0 Å². The van der Waals surface area contributed by atoms with Gasteiger partial charge in [0.2, 0.25) is 0 Å². The average Bonchev–Trinajstić information content (AvgIpc) is 0. The fourth-order valence-electron chi connectivity index (χ4n) is 0. The van der Waals surface area contributed by atoms with Gasteiger partial charge in [0.05, 0.1) is 0 Å². The molecule has 0 bridgehead atoms. The first-order valence-electron chi connectivity index (χ1n) is 0. The first kappa shape index (κ1) is 42.7. The van der Waals surface area contributed by atoms with Gasteiger partial charge in [-0.15, -0.1) is 12.4 Å². The van der Waals surface area contributed by atoms with Gasteiger partial charge in [-0.05, 0) is 0 Å². The molecule has 0 amide bonds. The van der Waals surface area contributed by atoms with Gasteiger partial charge in [0, 0.05) is 148 Å². The summed E-state index contributed by atoms with van der Waals surface area (Å²) in [7, 11) is 0. The molecule has 0 spiro atoms. The van der Waals surface area contributed by atoms with Crippen molar-refractivity contribution < 1.29 is 0 Å². The third-order valence-corrected chi connectivity index (χ3v) is 0. The van der Waals surface area contributed by atoms with E-state index >= 15 is 0 Å². The summed E-state index contributed by atoms with van der Waals surface area (Å²) in [4.78, 5) is 0. The normalized spacial score (nSPS) is 0. The van der Waals surface area contributed by atoms with E-state index in [4.69, 9.17) is 0 Å². The van der Waals surface area contributed by atoms with Gasteiger partial charge >= 0.3 is 0 Å². The van der Waals surface area contributed by atoms with Crippen LogP contribution in [0.1, 0.15) is 0 Å². The van der Waals surface area contributed by atoms with Gasteiger partial charge in [-0.3, -0.25) is 0 Å². The van der Waals surface area contributed by atoms with Crippen LogP contribution >= 0.6 is 12.4 Å². The van der Waals surface area contributed by atoms with Gasteiger partial charge in [-0.2, -0.15) is 0 Å². The molecule has 0 aromatic carbocycles. The first-order valence-corrected chi connectivity index (χ1v) is 0. The molecule has 0 saturated carbocycles. The molecule has 0 rings (SSSR count). The zero-order valence-electron chi connectivity index (χ0n) is 5.41. The summed E-state index contributed by atoms with van der Waals surface area (Å²) in [6, 6.07) is 0. The SMILES string of the molecule is Cl.[Na].[Na].[Na].[Na].[Na]. The summed E-state index contributed by atoms with van der Waals surface area (Å²) >= 11 is 0. The standard InChI is InChI=1S/ClH.5Na/h1H;;;;;. The summed E-state index contributed by atoms with van der Waals surface area (Å²) in [5.74, 6) is 0. The second kappa shape index (κ2) is 31.7. The molecule has 0 heterocycles. The number of rotatable bonds is 0. The van der Waals surface area contributed by atoms with Crippen LogP contribution in [-0.4, -0.2) is 148 Å². The molecule has 6 heavy (non-hydrogen) atoms. The zero-order chi connectivity index (χ0) is 0. The van der Waals surface area contributed by atoms with Crippen LogP contribution in [-0.2, 0) is 0 Å². The Hall–Kier alpha value is 5.29. The fourth-order valence-corrected chi connectivity index (χ4v) is 0. The maximum absolute atomic E-state index is 0. The Morgan fingerprint density at radius 2 is 0.333 bits per heavy atom. The Kier molecular flexibility index (Phi) is 226. The maximum atomic E-state index is 0. The molecule has 0 unspecified atom stereocenters. The van der Waals surface area contributed by atoms with Crippen molar-refractivity contribution in [1.29, 1.82) is 0 Å². The molecule has 5 radical (unpaired) electrons. The van der Waals surface area contributed by atoms with Crippen molar-refractivity contribution in [2.24, 2.45) is 0 Å². The Morgan fingerprint density at radius 3 is 0.333 bits per heavy atom. The molecule has 0 nitrogen and oxygen atoms in total. The van der Waals surface area contributed by atoms with E-state index in [0.29, 0.717) is 0 Å². The van der Waals surface area contributed by atoms with Gasteiger partial charge < -0.3 is 0 Å². The van der Waals surface area contributed by atoms with Gasteiger partial charge in [0.1, 0.15) is 0 Å². The minimum atomic E-state index is 0. The maximum Gasteiger partial charge on any atom is 0 e. The predicted octanol–water partition coefficient (Wildman–Crippen LogP) is -1.48.